The molecule has 20 heavy (non-hydrogen) atoms. The van der Waals surface area contributed by atoms with Crippen LogP contribution in [0.3, 0.4) is 0 Å². The Bertz CT molecular complexity index is 400. The summed E-state index contributed by atoms with van der Waals surface area (Å²) in [5.74, 6) is 0.689. The van der Waals surface area contributed by atoms with Crippen LogP contribution in [0.4, 0.5) is 0 Å². The Morgan fingerprint density at radius 3 is 2.60 bits per heavy atom. The topological polar surface area (TPSA) is 41.5 Å². The third kappa shape index (κ3) is 3.42. The highest BCUT2D eigenvalue weighted by atomic mass is 32.1. The summed E-state index contributed by atoms with van der Waals surface area (Å²) in [6.07, 6.45) is -0.431. The Labute approximate surface area is 126 Å². The van der Waals surface area contributed by atoms with Gasteiger partial charge in [0.15, 0.2) is 0 Å². The van der Waals surface area contributed by atoms with Crippen LogP contribution in [0.2, 0.25) is 0 Å². The second kappa shape index (κ2) is 6.14. The Balaban J connectivity index is 1.56. The zero-order chi connectivity index (χ0) is 14.8. The van der Waals surface area contributed by atoms with E-state index in [1.165, 1.54) is 4.88 Å². The summed E-state index contributed by atoms with van der Waals surface area (Å²) in [6, 6.07) is 4.06. The van der Waals surface area contributed by atoms with Crippen molar-refractivity contribution >= 4 is 11.3 Å². The lowest BCUT2D eigenvalue weighted by atomic mass is 10.0. The lowest BCUT2D eigenvalue weighted by molar-refractivity contribution is 0.0297. The molecule has 0 aromatic carbocycles. The Kier molecular flexibility index (Phi) is 4.90. The van der Waals surface area contributed by atoms with Crippen molar-refractivity contribution in [1.82, 2.24) is 5.32 Å². The first kappa shape index (κ1) is 16.0. The normalized spacial score (nSPS) is 21.9. The van der Waals surface area contributed by atoms with E-state index in [2.05, 4.69) is 33.0 Å². The summed E-state index contributed by atoms with van der Waals surface area (Å²) >= 11 is 1.68. The maximum absolute atomic E-state index is 9.89. The van der Waals surface area contributed by atoms with E-state index in [0.717, 1.165) is 6.54 Å². The predicted octanol–water partition coefficient (Wildman–Crippen LogP) is 2.90. The van der Waals surface area contributed by atoms with Crippen LogP contribution in [-0.4, -0.2) is 30.9 Å². The first-order chi connectivity index (χ1) is 9.35. The molecule has 1 aromatic rings. The van der Waals surface area contributed by atoms with Gasteiger partial charge >= 0.3 is 0 Å². The van der Waals surface area contributed by atoms with E-state index in [-0.39, 0.29) is 0 Å². The third-order valence-corrected chi connectivity index (χ3v) is 6.03. The van der Waals surface area contributed by atoms with Gasteiger partial charge in [-0.1, -0.05) is 33.8 Å². The molecular weight excluding hydrogens is 270 g/mol. The lowest BCUT2D eigenvalue weighted by Gasteiger charge is -2.12. The number of nitrogens with one attached hydrogen (secondary N) is 1. The van der Waals surface area contributed by atoms with Crippen molar-refractivity contribution in [3.05, 3.63) is 22.4 Å². The fourth-order valence-corrected chi connectivity index (χ4v) is 3.63. The molecule has 0 bridgehead atoms. The number of hydrogen-bond donors (Lipinski definition) is 2. The smallest absolute Gasteiger partial charge is 0.0897 e. The minimum absolute atomic E-state index is 0.391. The van der Waals surface area contributed by atoms with Gasteiger partial charge in [-0.05, 0) is 34.7 Å². The van der Waals surface area contributed by atoms with E-state index >= 15 is 0 Å². The summed E-state index contributed by atoms with van der Waals surface area (Å²) in [4.78, 5) is 1.20. The van der Waals surface area contributed by atoms with Gasteiger partial charge in [-0.3, -0.25) is 0 Å². The number of ether oxygens (including phenoxy) is 1. The standard InChI is InChI=1S/C16H27NO2S/c1-15(2)14(16(15,3)4)9-17-8-12(18)10-19-11-13-6-5-7-20-13/h5-7,12,14,17-18H,8-11H2,1-4H3. The van der Waals surface area contributed by atoms with Crippen LogP contribution in [0.25, 0.3) is 0 Å². The molecule has 0 radical (unpaired) electrons. The Morgan fingerprint density at radius 2 is 2.05 bits per heavy atom. The van der Waals surface area contributed by atoms with Gasteiger partial charge < -0.3 is 15.2 Å². The summed E-state index contributed by atoms with van der Waals surface area (Å²) in [6.45, 7) is 11.8. The van der Waals surface area contributed by atoms with Gasteiger partial charge in [-0.15, -0.1) is 11.3 Å². The van der Waals surface area contributed by atoms with Crippen LogP contribution in [0, 0.1) is 16.7 Å². The first-order valence-corrected chi connectivity index (χ1v) is 8.22. The van der Waals surface area contributed by atoms with Gasteiger partial charge in [0.05, 0.1) is 19.3 Å². The average Bonchev–Trinajstić information content (AvgIpc) is 2.79. The van der Waals surface area contributed by atoms with Gasteiger partial charge in [0.2, 0.25) is 0 Å². The molecule has 1 atom stereocenters. The molecular formula is C16H27NO2S. The second-order valence-corrected chi connectivity index (χ2v) is 7.93. The minimum Gasteiger partial charge on any atom is -0.389 e. The van der Waals surface area contributed by atoms with Gasteiger partial charge in [0.25, 0.3) is 0 Å². The van der Waals surface area contributed by atoms with Gasteiger partial charge in [0, 0.05) is 11.4 Å². The van der Waals surface area contributed by atoms with Crippen LogP contribution in [0.1, 0.15) is 32.6 Å². The fourth-order valence-electron chi connectivity index (χ4n) is 2.99. The molecule has 0 saturated heterocycles. The maximum atomic E-state index is 9.89. The number of hydrogen-bond acceptors (Lipinski definition) is 4. The summed E-state index contributed by atoms with van der Waals surface area (Å²) in [5.41, 5.74) is 0.807. The van der Waals surface area contributed by atoms with E-state index in [9.17, 15) is 5.11 Å². The fraction of sp³-hybridized carbons (Fsp3) is 0.750. The molecule has 1 aliphatic rings. The number of thiophene rings is 1. The van der Waals surface area contributed by atoms with Crippen molar-refractivity contribution in [3.63, 3.8) is 0 Å². The highest BCUT2D eigenvalue weighted by Gasteiger charge is 2.63. The van der Waals surface area contributed by atoms with E-state index < -0.39 is 6.10 Å². The van der Waals surface area contributed by atoms with Gasteiger partial charge in [-0.2, -0.15) is 0 Å². The van der Waals surface area contributed by atoms with Gasteiger partial charge in [0.1, 0.15) is 0 Å². The molecule has 4 heteroatoms. The maximum Gasteiger partial charge on any atom is 0.0897 e. The minimum atomic E-state index is -0.431. The van der Waals surface area contributed by atoms with Gasteiger partial charge in [-0.25, -0.2) is 0 Å². The molecule has 1 heterocycles. The monoisotopic (exact) mass is 297 g/mol. The van der Waals surface area contributed by atoms with Crippen molar-refractivity contribution in [2.75, 3.05) is 19.7 Å². The van der Waals surface area contributed by atoms with Crippen LogP contribution < -0.4 is 5.32 Å². The van der Waals surface area contributed by atoms with Crippen molar-refractivity contribution in [3.8, 4) is 0 Å². The average molecular weight is 297 g/mol. The molecule has 0 spiro atoms. The van der Waals surface area contributed by atoms with E-state index in [0.29, 0.717) is 36.5 Å². The summed E-state index contributed by atoms with van der Waals surface area (Å²) in [7, 11) is 0. The van der Waals surface area contributed by atoms with E-state index in [1.54, 1.807) is 11.3 Å². The molecule has 2 rings (SSSR count). The van der Waals surface area contributed by atoms with Crippen LogP contribution in [0.5, 0.6) is 0 Å². The molecule has 2 N–H and O–H groups in total. The summed E-state index contributed by atoms with van der Waals surface area (Å²) < 4.78 is 5.52. The number of rotatable bonds is 8. The second-order valence-electron chi connectivity index (χ2n) is 6.90. The highest BCUT2D eigenvalue weighted by molar-refractivity contribution is 7.09. The number of aliphatic hydroxyl groups is 1. The largest absolute Gasteiger partial charge is 0.389 e. The molecule has 3 nitrogen and oxygen atoms in total. The highest BCUT2D eigenvalue weighted by Crippen LogP contribution is 2.67. The van der Waals surface area contributed by atoms with E-state index in [1.807, 2.05) is 17.5 Å². The zero-order valence-corrected chi connectivity index (χ0v) is 13.8. The molecule has 1 saturated carbocycles. The van der Waals surface area contributed by atoms with Crippen molar-refractivity contribution in [1.29, 1.82) is 0 Å². The van der Waals surface area contributed by atoms with Crippen LogP contribution in [-0.2, 0) is 11.3 Å². The Hall–Kier alpha value is -0.420. The van der Waals surface area contributed by atoms with E-state index in [4.69, 9.17) is 4.74 Å². The molecule has 114 valence electrons. The molecule has 1 fully saturated rings. The Morgan fingerprint density at radius 1 is 1.35 bits per heavy atom. The van der Waals surface area contributed by atoms with Crippen LogP contribution in [0.15, 0.2) is 17.5 Å². The quantitative estimate of drug-likeness (QED) is 0.775. The SMILES string of the molecule is CC1(C)C(CNCC(O)COCc2cccs2)C1(C)C. The van der Waals surface area contributed by atoms with Crippen molar-refractivity contribution in [2.24, 2.45) is 16.7 Å². The zero-order valence-electron chi connectivity index (χ0n) is 13.0. The lowest BCUT2D eigenvalue weighted by Crippen LogP contribution is -2.32. The molecule has 0 aliphatic heterocycles. The molecule has 1 aromatic heterocycles. The number of aliphatic hydroxyl groups excluding tert-OH is 1. The van der Waals surface area contributed by atoms with Crippen molar-refractivity contribution in [2.45, 2.75) is 40.4 Å². The first-order valence-electron chi connectivity index (χ1n) is 7.34. The third-order valence-electron chi connectivity index (χ3n) is 5.18. The molecule has 0 amide bonds. The predicted molar refractivity (Wildman–Crippen MR) is 83.9 cm³/mol. The van der Waals surface area contributed by atoms with Crippen LogP contribution >= 0.6 is 11.3 Å². The summed E-state index contributed by atoms with van der Waals surface area (Å²) in [5, 5.41) is 15.3. The molecule has 1 aliphatic carbocycles. The van der Waals surface area contributed by atoms with Crippen molar-refractivity contribution < 1.29 is 9.84 Å². The molecule has 1 unspecified atom stereocenters.